The van der Waals surface area contributed by atoms with Gasteiger partial charge in [0.1, 0.15) is 19.3 Å². The lowest BCUT2D eigenvalue weighted by Gasteiger charge is -2.24. The first-order valence-corrected chi connectivity index (χ1v) is 21.0. The molecule has 0 fully saturated rings. The lowest BCUT2D eigenvalue weighted by Crippen LogP contribution is -2.37. The molecule has 9 heteroatoms. The molecule has 0 saturated heterocycles. The maximum absolute atomic E-state index is 12.3. The first-order valence-electron chi connectivity index (χ1n) is 19.5. The number of carbonyl (C=O) groups excluding carboxylic acids is 1. The molecule has 0 bridgehead atoms. The highest BCUT2D eigenvalue weighted by Crippen LogP contribution is 2.43. The molecule has 0 heterocycles. The van der Waals surface area contributed by atoms with E-state index >= 15 is 0 Å². The number of hydrogen-bond acceptors (Lipinski definition) is 6. The van der Waals surface area contributed by atoms with Crippen molar-refractivity contribution >= 4 is 13.8 Å². The number of quaternary nitrogens is 1. The van der Waals surface area contributed by atoms with Gasteiger partial charge < -0.3 is 18.9 Å². The maximum Gasteiger partial charge on any atom is 0.472 e. The van der Waals surface area contributed by atoms with Crippen molar-refractivity contribution < 1.29 is 37.3 Å². The summed E-state index contributed by atoms with van der Waals surface area (Å²) in [5, 5.41) is 0. The number of ether oxygens (including phenoxy) is 2. The van der Waals surface area contributed by atoms with Crippen LogP contribution in [-0.4, -0.2) is 75.6 Å². The molecule has 0 aliphatic heterocycles. The largest absolute Gasteiger partial charge is 0.472 e. The van der Waals surface area contributed by atoms with E-state index in [-0.39, 0.29) is 25.8 Å². The van der Waals surface area contributed by atoms with Crippen molar-refractivity contribution in [3.05, 3.63) is 60.8 Å². The van der Waals surface area contributed by atoms with Crippen molar-refractivity contribution in [2.24, 2.45) is 0 Å². The van der Waals surface area contributed by atoms with Crippen molar-refractivity contribution in [1.29, 1.82) is 0 Å². The molecule has 8 nitrogen and oxygen atoms in total. The van der Waals surface area contributed by atoms with Gasteiger partial charge in [0.15, 0.2) is 0 Å². The van der Waals surface area contributed by atoms with Crippen LogP contribution in [0.25, 0.3) is 0 Å². The van der Waals surface area contributed by atoms with E-state index in [4.69, 9.17) is 18.5 Å². The zero-order valence-electron chi connectivity index (χ0n) is 32.6. The highest BCUT2D eigenvalue weighted by molar-refractivity contribution is 7.47. The summed E-state index contributed by atoms with van der Waals surface area (Å²) in [4.78, 5) is 22.2. The van der Waals surface area contributed by atoms with Gasteiger partial charge in [0.05, 0.1) is 34.4 Å². The Balaban J connectivity index is 3.84. The number of carbonyl (C=O) groups is 1. The summed E-state index contributed by atoms with van der Waals surface area (Å²) in [7, 11) is 1.65. The zero-order chi connectivity index (χ0) is 37.0. The highest BCUT2D eigenvalue weighted by atomic mass is 31.2. The number of phosphoric ester groups is 1. The van der Waals surface area contributed by atoms with Gasteiger partial charge in [-0.1, -0.05) is 132 Å². The quantitative estimate of drug-likeness (QED) is 0.0229. The minimum absolute atomic E-state index is 0.0845. The zero-order valence-corrected chi connectivity index (χ0v) is 33.5. The molecule has 1 N–H and O–H groups in total. The van der Waals surface area contributed by atoms with Crippen LogP contribution in [0.3, 0.4) is 0 Å². The van der Waals surface area contributed by atoms with Crippen molar-refractivity contribution in [3.8, 4) is 0 Å². The van der Waals surface area contributed by atoms with Crippen LogP contribution in [-0.2, 0) is 27.9 Å². The normalized spacial score (nSPS) is 14.6. The summed E-state index contributed by atoms with van der Waals surface area (Å²) in [6.45, 7) is 5.23. The molecule has 2 unspecified atom stereocenters. The Morgan fingerprint density at radius 1 is 0.640 bits per heavy atom. The minimum Gasteiger partial charge on any atom is -0.457 e. The second-order valence-electron chi connectivity index (χ2n) is 13.9. The van der Waals surface area contributed by atoms with Crippen molar-refractivity contribution in [2.75, 3.05) is 54.1 Å². The smallest absolute Gasteiger partial charge is 0.457 e. The number of hydrogen-bond donors (Lipinski definition) is 1. The number of rotatable bonds is 35. The van der Waals surface area contributed by atoms with Crippen LogP contribution in [0, 0.1) is 0 Å². The van der Waals surface area contributed by atoms with Gasteiger partial charge in [-0.15, -0.1) is 0 Å². The maximum atomic E-state index is 12.3. The monoisotopic (exact) mass is 725 g/mol. The summed E-state index contributed by atoms with van der Waals surface area (Å²) in [5.74, 6) is -0.354. The predicted molar refractivity (Wildman–Crippen MR) is 210 cm³/mol. The Kier molecular flexibility index (Phi) is 33.1. The lowest BCUT2D eigenvalue weighted by atomic mass is 10.1. The molecule has 0 amide bonds. The summed E-state index contributed by atoms with van der Waals surface area (Å²) in [5.41, 5.74) is 0. The SMILES string of the molecule is CC/C=C\C/C=C\C/C=C\C/C=C\C/C=C\CCCCCCCCCCCCOCC(COP(=O)(O)OCC[N+](C)(C)C)OC(=O)CCCC. The van der Waals surface area contributed by atoms with Crippen LogP contribution < -0.4 is 0 Å². The number of allylic oxidation sites excluding steroid dienone is 10. The minimum atomic E-state index is -4.25. The first-order chi connectivity index (χ1) is 24.1. The molecule has 0 rings (SSSR count). The van der Waals surface area contributed by atoms with E-state index in [1.807, 2.05) is 28.1 Å². The number of likely N-dealkylation sites (N-methyl/N-ethyl adjacent to an activating group) is 1. The molecule has 50 heavy (non-hydrogen) atoms. The van der Waals surface area contributed by atoms with Crippen molar-refractivity contribution in [2.45, 2.75) is 142 Å². The van der Waals surface area contributed by atoms with E-state index in [0.29, 0.717) is 24.1 Å². The van der Waals surface area contributed by atoms with E-state index in [9.17, 15) is 14.3 Å². The number of esters is 1. The Morgan fingerprint density at radius 2 is 1.14 bits per heavy atom. The van der Waals surface area contributed by atoms with E-state index < -0.39 is 13.9 Å². The lowest BCUT2D eigenvalue weighted by molar-refractivity contribution is -0.870. The van der Waals surface area contributed by atoms with Gasteiger partial charge >= 0.3 is 13.8 Å². The average molecular weight is 725 g/mol. The molecule has 0 spiro atoms. The molecule has 290 valence electrons. The number of unbranched alkanes of at least 4 members (excludes halogenated alkanes) is 11. The number of phosphoric acid groups is 1. The Morgan fingerprint density at radius 3 is 1.66 bits per heavy atom. The Hall–Kier alpha value is -1.80. The fourth-order valence-corrected chi connectivity index (χ4v) is 5.53. The third kappa shape index (κ3) is 37.5. The molecule has 0 aromatic carbocycles. The van der Waals surface area contributed by atoms with Gasteiger partial charge in [-0.3, -0.25) is 13.8 Å². The van der Waals surface area contributed by atoms with Crippen molar-refractivity contribution in [3.63, 3.8) is 0 Å². The molecule has 0 radical (unpaired) electrons. The molecular formula is C41H75NO7P+. The summed E-state index contributed by atoms with van der Waals surface area (Å²) >= 11 is 0. The van der Waals surface area contributed by atoms with Crippen LogP contribution in [0.1, 0.15) is 136 Å². The third-order valence-corrected chi connectivity index (χ3v) is 8.83. The van der Waals surface area contributed by atoms with Crippen LogP contribution in [0.4, 0.5) is 0 Å². The van der Waals surface area contributed by atoms with Gasteiger partial charge in [-0.2, -0.15) is 0 Å². The fourth-order valence-electron chi connectivity index (χ4n) is 4.79. The summed E-state index contributed by atoms with van der Waals surface area (Å²) in [6.07, 6.45) is 42.3. The third-order valence-electron chi connectivity index (χ3n) is 7.84. The molecular weight excluding hydrogens is 649 g/mol. The van der Waals surface area contributed by atoms with E-state index in [1.165, 1.54) is 57.8 Å². The topological polar surface area (TPSA) is 91.3 Å². The van der Waals surface area contributed by atoms with E-state index in [2.05, 4.69) is 67.7 Å². The van der Waals surface area contributed by atoms with Crippen molar-refractivity contribution in [1.82, 2.24) is 0 Å². The number of nitrogens with zero attached hydrogens (tertiary/aromatic N) is 1. The van der Waals surface area contributed by atoms with Gasteiger partial charge in [-0.25, -0.2) is 4.57 Å². The second kappa shape index (κ2) is 34.3. The highest BCUT2D eigenvalue weighted by Gasteiger charge is 2.26. The van der Waals surface area contributed by atoms with Crippen LogP contribution >= 0.6 is 7.82 Å². The molecule has 0 aliphatic carbocycles. The van der Waals surface area contributed by atoms with Crippen LogP contribution in [0.15, 0.2) is 60.8 Å². The summed E-state index contributed by atoms with van der Waals surface area (Å²) < 4.78 is 34.3. The molecule has 0 aromatic rings. The first kappa shape index (κ1) is 48.2. The second-order valence-corrected chi connectivity index (χ2v) is 15.4. The van der Waals surface area contributed by atoms with Gasteiger partial charge in [0, 0.05) is 13.0 Å². The standard InChI is InChI=1S/C41H74NO7P/c1-6-8-10-11-12-13-14-15-16-17-18-19-20-21-22-23-24-25-26-27-28-29-30-31-32-33-36-46-38-40(49-41(43)34-9-7-2)39-48-50(44,45)47-37-35-42(3,4)5/h8,10,12-13,15-16,18-19,21-22,40H,6-7,9,11,14,17,20,23-39H2,1-5H3/p+1/b10-8-,13-12-,16-15-,19-18-,22-21-. The average Bonchev–Trinajstić information content (AvgIpc) is 3.06. The molecule has 2 atom stereocenters. The van der Waals surface area contributed by atoms with E-state index in [0.717, 1.165) is 57.8 Å². The fraction of sp³-hybridized carbons (Fsp3) is 0.732. The molecule has 0 aliphatic rings. The molecule has 0 saturated carbocycles. The van der Waals surface area contributed by atoms with Gasteiger partial charge in [-0.05, 0) is 57.8 Å². The van der Waals surface area contributed by atoms with Gasteiger partial charge in [0.25, 0.3) is 0 Å². The predicted octanol–water partition coefficient (Wildman–Crippen LogP) is 11.0. The van der Waals surface area contributed by atoms with E-state index in [1.54, 1.807) is 0 Å². The van der Waals surface area contributed by atoms with Crippen LogP contribution in [0.2, 0.25) is 0 Å². The Bertz CT molecular complexity index is 984. The molecule has 0 aromatic heterocycles. The van der Waals surface area contributed by atoms with Crippen LogP contribution in [0.5, 0.6) is 0 Å². The summed E-state index contributed by atoms with van der Waals surface area (Å²) in [6, 6.07) is 0. The Labute approximate surface area is 307 Å². The van der Waals surface area contributed by atoms with Gasteiger partial charge in [0.2, 0.25) is 0 Å².